The van der Waals surface area contributed by atoms with Crippen LogP contribution in [0.5, 0.6) is 0 Å². The second-order valence-electron chi connectivity index (χ2n) is 6.30. The van der Waals surface area contributed by atoms with E-state index in [1.165, 1.54) is 4.90 Å². The van der Waals surface area contributed by atoms with Crippen molar-refractivity contribution in [3.8, 4) is 6.07 Å². The lowest BCUT2D eigenvalue weighted by Crippen LogP contribution is -2.45. The predicted octanol–water partition coefficient (Wildman–Crippen LogP) is 4.25. The van der Waals surface area contributed by atoms with E-state index in [1.807, 2.05) is 6.92 Å². The SMILES string of the molecule is CCCN(CC(=O)Nc1cc(Cl)ccc1Cl)C(=O)C1(C#N)CCCC1. The maximum atomic E-state index is 12.9. The van der Waals surface area contributed by atoms with Gasteiger partial charge >= 0.3 is 0 Å². The number of hydrogen-bond donors (Lipinski definition) is 1. The molecule has 1 saturated carbocycles. The summed E-state index contributed by atoms with van der Waals surface area (Å²) in [4.78, 5) is 26.7. The third kappa shape index (κ3) is 4.65. The Labute approximate surface area is 157 Å². The Bertz CT molecular complexity index is 694. The van der Waals surface area contributed by atoms with Crippen molar-refractivity contribution in [3.63, 3.8) is 0 Å². The van der Waals surface area contributed by atoms with Crippen LogP contribution in [0.3, 0.4) is 0 Å². The second-order valence-corrected chi connectivity index (χ2v) is 7.14. The van der Waals surface area contributed by atoms with Crippen LogP contribution in [0, 0.1) is 16.7 Å². The summed E-state index contributed by atoms with van der Waals surface area (Å²) in [7, 11) is 0. The molecule has 0 spiro atoms. The minimum atomic E-state index is -0.983. The molecule has 0 aliphatic heterocycles. The first-order valence-corrected chi connectivity index (χ1v) is 9.13. The van der Waals surface area contributed by atoms with Crippen molar-refractivity contribution in [2.45, 2.75) is 39.0 Å². The van der Waals surface area contributed by atoms with Gasteiger partial charge in [0.25, 0.3) is 0 Å². The smallest absolute Gasteiger partial charge is 0.244 e. The zero-order chi connectivity index (χ0) is 18.4. The summed E-state index contributed by atoms with van der Waals surface area (Å²) in [5, 5.41) is 13.0. The number of nitriles is 1. The van der Waals surface area contributed by atoms with E-state index in [0.717, 1.165) is 12.8 Å². The van der Waals surface area contributed by atoms with Gasteiger partial charge in [-0.2, -0.15) is 5.26 Å². The molecule has 0 radical (unpaired) electrons. The highest BCUT2D eigenvalue weighted by molar-refractivity contribution is 6.35. The van der Waals surface area contributed by atoms with Gasteiger partial charge in [-0.15, -0.1) is 0 Å². The number of nitrogens with zero attached hydrogens (tertiary/aromatic N) is 2. The number of carbonyl (C=O) groups excluding carboxylic acids is 2. The largest absolute Gasteiger partial charge is 0.332 e. The van der Waals surface area contributed by atoms with Crippen molar-refractivity contribution < 1.29 is 9.59 Å². The number of hydrogen-bond acceptors (Lipinski definition) is 3. The molecule has 1 aliphatic carbocycles. The molecule has 1 aromatic carbocycles. The van der Waals surface area contributed by atoms with Gasteiger partial charge in [-0.1, -0.05) is 43.0 Å². The summed E-state index contributed by atoms with van der Waals surface area (Å²) in [6.07, 6.45) is 3.56. The summed E-state index contributed by atoms with van der Waals surface area (Å²) in [5.41, 5.74) is -0.581. The third-order valence-corrected chi connectivity index (χ3v) is 4.96. The molecule has 1 N–H and O–H groups in total. The quantitative estimate of drug-likeness (QED) is 0.799. The van der Waals surface area contributed by atoms with Gasteiger partial charge in [0.1, 0.15) is 5.41 Å². The van der Waals surface area contributed by atoms with Gasteiger partial charge in [0.05, 0.1) is 23.3 Å². The number of nitrogens with one attached hydrogen (secondary N) is 1. The van der Waals surface area contributed by atoms with Crippen LogP contribution in [0.1, 0.15) is 39.0 Å². The Morgan fingerprint density at radius 2 is 2.00 bits per heavy atom. The van der Waals surface area contributed by atoms with Crippen molar-refractivity contribution in [1.29, 1.82) is 5.26 Å². The Morgan fingerprint density at radius 1 is 1.32 bits per heavy atom. The van der Waals surface area contributed by atoms with Gasteiger partial charge in [-0.25, -0.2) is 0 Å². The van der Waals surface area contributed by atoms with E-state index >= 15 is 0 Å². The van der Waals surface area contributed by atoms with Gasteiger partial charge in [0, 0.05) is 11.6 Å². The van der Waals surface area contributed by atoms with Crippen LogP contribution in [0.15, 0.2) is 18.2 Å². The van der Waals surface area contributed by atoms with Gasteiger partial charge in [-0.3, -0.25) is 9.59 Å². The lowest BCUT2D eigenvalue weighted by Gasteiger charge is -2.29. The van der Waals surface area contributed by atoms with Crippen LogP contribution in [-0.2, 0) is 9.59 Å². The van der Waals surface area contributed by atoms with Crippen molar-refractivity contribution in [2.24, 2.45) is 5.41 Å². The normalized spacial score (nSPS) is 15.4. The average molecular weight is 382 g/mol. The molecule has 1 aliphatic rings. The molecule has 5 nitrogen and oxygen atoms in total. The molecule has 0 aromatic heterocycles. The lowest BCUT2D eigenvalue weighted by atomic mass is 9.86. The van der Waals surface area contributed by atoms with E-state index in [-0.39, 0.29) is 18.4 Å². The van der Waals surface area contributed by atoms with E-state index in [0.29, 0.717) is 41.5 Å². The van der Waals surface area contributed by atoms with E-state index in [2.05, 4.69) is 11.4 Å². The fraction of sp³-hybridized carbons (Fsp3) is 0.500. The highest BCUT2D eigenvalue weighted by Gasteiger charge is 2.44. The first-order chi connectivity index (χ1) is 11.9. The summed E-state index contributed by atoms with van der Waals surface area (Å²) < 4.78 is 0. The molecule has 0 heterocycles. The number of carbonyl (C=O) groups is 2. The molecule has 7 heteroatoms. The molecule has 0 atom stereocenters. The minimum absolute atomic E-state index is 0.112. The van der Waals surface area contributed by atoms with E-state index in [1.54, 1.807) is 18.2 Å². The fourth-order valence-electron chi connectivity index (χ4n) is 3.13. The van der Waals surface area contributed by atoms with Gasteiger partial charge < -0.3 is 10.2 Å². The molecule has 134 valence electrons. The Kier molecular flexibility index (Phi) is 6.69. The van der Waals surface area contributed by atoms with Crippen molar-refractivity contribution in [1.82, 2.24) is 4.90 Å². The van der Waals surface area contributed by atoms with Crippen LogP contribution in [0.2, 0.25) is 10.0 Å². The van der Waals surface area contributed by atoms with E-state index in [4.69, 9.17) is 23.2 Å². The Hall–Kier alpha value is -1.77. The molecule has 25 heavy (non-hydrogen) atoms. The zero-order valence-corrected chi connectivity index (χ0v) is 15.7. The highest BCUT2D eigenvalue weighted by Crippen LogP contribution is 2.39. The van der Waals surface area contributed by atoms with Crippen molar-refractivity contribution in [3.05, 3.63) is 28.2 Å². The molecular formula is C18H21Cl2N3O2. The standard InChI is InChI=1S/C18H21Cl2N3O2/c1-2-9-23(17(25)18(12-21)7-3-4-8-18)11-16(24)22-15-10-13(19)5-6-14(15)20/h5-6,10H,2-4,7-9,11H2,1H3,(H,22,24). The average Bonchev–Trinajstić information content (AvgIpc) is 3.07. The third-order valence-electron chi connectivity index (χ3n) is 4.40. The number of benzene rings is 1. The first kappa shape index (κ1) is 19.6. The molecule has 1 fully saturated rings. The summed E-state index contributed by atoms with van der Waals surface area (Å²) >= 11 is 12.0. The minimum Gasteiger partial charge on any atom is -0.332 e. The number of halogens is 2. The summed E-state index contributed by atoms with van der Waals surface area (Å²) in [6.45, 7) is 2.25. The van der Waals surface area contributed by atoms with Crippen LogP contribution in [-0.4, -0.2) is 29.8 Å². The van der Waals surface area contributed by atoms with Gasteiger partial charge in [0.2, 0.25) is 11.8 Å². The van der Waals surface area contributed by atoms with E-state index < -0.39 is 5.41 Å². The maximum Gasteiger partial charge on any atom is 0.244 e. The second kappa shape index (κ2) is 8.55. The Morgan fingerprint density at radius 3 is 2.60 bits per heavy atom. The number of rotatable bonds is 6. The molecule has 0 saturated heterocycles. The topological polar surface area (TPSA) is 73.2 Å². The monoisotopic (exact) mass is 381 g/mol. The van der Waals surface area contributed by atoms with Crippen LogP contribution < -0.4 is 5.32 Å². The summed E-state index contributed by atoms with van der Waals surface area (Å²) in [5.74, 6) is -0.612. The molecule has 1 aromatic rings. The van der Waals surface area contributed by atoms with Crippen LogP contribution in [0.4, 0.5) is 5.69 Å². The Balaban J connectivity index is 2.10. The molecule has 2 rings (SSSR count). The first-order valence-electron chi connectivity index (χ1n) is 8.37. The lowest BCUT2D eigenvalue weighted by molar-refractivity contribution is -0.141. The predicted molar refractivity (Wildman–Crippen MR) is 98.5 cm³/mol. The zero-order valence-electron chi connectivity index (χ0n) is 14.1. The molecule has 2 amide bonds. The van der Waals surface area contributed by atoms with Crippen LogP contribution >= 0.6 is 23.2 Å². The van der Waals surface area contributed by atoms with Gasteiger partial charge in [0.15, 0.2) is 0 Å². The molecular weight excluding hydrogens is 361 g/mol. The van der Waals surface area contributed by atoms with Crippen LogP contribution in [0.25, 0.3) is 0 Å². The van der Waals surface area contributed by atoms with Crippen molar-refractivity contribution in [2.75, 3.05) is 18.4 Å². The maximum absolute atomic E-state index is 12.9. The molecule has 0 bridgehead atoms. The highest BCUT2D eigenvalue weighted by atomic mass is 35.5. The van der Waals surface area contributed by atoms with Crippen molar-refractivity contribution >= 4 is 40.7 Å². The summed E-state index contributed by atoms with van der Waals surface area (Å²) in [6, 6.07) is 6.97. The van der Waals surface area contributed by atoms with Gasteiger partial charge in [-0.05, 0) is 37.5 Å². The number of anilines is 1. The molecule has 0 unspecified atom stereocenters. The number of amides is 2. The van der Waals surface area contributed by atoms with E-state index in [9.17, 15) is 14.9 Å². The fourth-order valence-corrected chi connectivity index (χ4v) is 3.47.